The van der Waals surface area contributed by atoms with Gasteiger partial charge in [-0.3, -0.25) is 0 Å². The Bertz CT molecular complexity index is 632. The lowest BCUT2D eigenvalue weighted by Crippen LogP contribution is -2.37. The van der Waals surface area contributed by atoms with Gasteiger partial charge >= 0.3 is 6.01 Å². The van der Waals surface area contributed by atoms with E-state index in [-0.39, 0.29) is 11.3 Å². The average Bonchev–Trinajstić information content (AvgIpc) is 2.47. The number of aromatic nitrogens is 3. The van der Waals surface area contributed by atoms with Crippen LogP contribution in [0.5, 0.6) is 11.8 Å². The first kappa shape index (κ1) is 14.0. The van der Waals surface area contributed by atoms with Crippen molar-refractivity contribution in [2.75, 3.05) is 31.2 Å². The maximum atomic E-state index is 5.97. The predicted molar refractivity (Wildman–Crippen MR) is 79.1 cm³/mol. The van der Waals surface area contributed by atoms with Crippen molar-refractivity contribution in [1.29, 1.82) is 0 Å². The van der Waals surface area contributed by atoms with Gasteiger partial charge in [-0.1, -0.05) is 12.1 Å². The Kier molecular flexibility index (Phi) is 4.17. The quantitative estimate of drug-likeness (QED) is 0.868. The Morgan fingerprint density at radius 3 is 2.76 bits per heavy atom. The smallest absolute Gasteiger partial charge is 0.328 e. The lowest BCUT2D eigenvalue weighted by molar-refractivity contribution is 0.122. The standard InChI is InChI=1S/C14H15ClN4O2/c1-10-3-2-4-11(9-10)21-14-17-12(15)16-13(18-14)19-5-7-20-8-6-19/h2-4,9H,5-8H2,1H3. The van der Waals surface area contributed by atoms with Gasteiger partial charge in [0.1, 0.15) is 5.75 Å². The van der Waals surface area contributed by atoms with E-state index in [1.165, 1.54) is 0 Å². The van der Waals surface area contributed by atoms with Gasteiger partial charge in [0.15, 0.2) is 0 Å². The van der Waals surface area contributed by atoms with E-state index in [4.69, 9.17) is 21.1 Å². The zero-order valence-electron chi connectivity index (χ0n) is 11.6. The molecule has 1 aromatic heterocycles. The van der Waals surface area contributed by atoms with Gasteiger partial charge in [0.25, 0.3) is 0 Å². The number of hydrogen-bond acceptors (Lipinski definition) is 6. The van der Waals surface area contributed by atoms with Crippen LogP contribution in [0.3, 0.4) is 0 Å². The minimum Gasteiger partial charge on any atom is -0.424 e. The van der Waals surface area contributed by atoms with E-state index in [0.29, 0.717) is 24.9 Å². The molecule has 0 spiro atoms. The maximum Gasteiger partial charge on any atom is 0.328 e. The summed E-state index contributed by atoms with van der Waals surface area (Å²) in [6, 6.07) is 7.86. The second kappa shape index (κ2) is 6.24. The normalized spacial score (nSPS) is 15.0. The molecule has 0 amide bonds. The number of ether oxygens (including phenoxy) is 2. The van der Waals surface area contributed by atoms with Crippen molar-refractivity contribution in [2.45, 2.75) is 6.92 Å². The van der Waals surface area contributed by atoms with E-state index < -0.39 is 0 Å². The third-order valence-electron chi connectivity index (χ3n) is 3.07. The van der Waals surface area contributed by atoms with Crippen LogP contribution in [0, 0.1) is 6.92 Å². The monoisotopic (exact) mass is 306 g/mol. The molecule has 1 fully saturated rings. The third kappa shape index (κ3) is 3.59. The molecule has 0 radical (unpaired) electrons. The molecule has 0 saturated carbocycles. The Labute approximate surface area is 127 Å². The summed E-state index contributed by atoms with van der Waals surface area (Å²) in [5.41, 5.74) is 1.10. The molecule has 1 aliphatic rings. The molecule has 2 aromatic rings. The van der Waals surface area contributed by atoms with Crippen LogP contribution in [0.1, 0.15) is 5.56 Å². The minimum absolute atomic E-state index is 0.120. The topological polar surface area (TPSA) is 60.4 Å². The molecule has 1 saturated heterocycles. The highest BCUT2D eigenvalue weighted by molar-refractivity contribution is 6.28. The summed E-state index contributed by atoms with van der Waals surface area (Å²) in [5, 5.41) is 0.120. The summed E-state index contributed by atoms with van der Waals surface area (Å²) in [6.45, 7) is 4.75. The number of rotatable bonds is 3. The molecule has 0 unspecified atom stereocenters. The zero-order valence-corrected chi connectivity index (χ0v) is 12.4. The summed E-state index contributed by atoms with van der Waals surface area (Å²) < 4.78 is 11.0. The van der Waals surface area contributed by atoms with E-state index in [9.17, 15) is 0 Å². The van der Waals surface area contributed by atoms with Crippen LogP contribution in [0.4, 0.5) is 5.95 Å². The van der Waals surface area contributed by atoms with Gasteiger partial charge < -0.3 is 14.4 Å². The number of nitrogens with zero attached hydrogens (tertiary/aromatic N) is 4. The van der Waals surface area contributed by atoms with Crippen LogP contribution in [-0.4, -0.2) is 41.3 Å². The molecular formula is C14H15ClN4O2. The number of morpholine rings is 1. The van der Waals surface area contributed by atoms with Crippen molar-refractivity contribution in [3.8, 4) is 11.8 Å². The van der Waals surface area contributed by atoms with E-state index in [0.717, 1.165) is 18.7 Å². The molecule has 1 aliphatic heterocycles. The molecular weight excluding hydrogens is 292 g/mol. The molecule has 0 N–H and O–H groups in total. The summed E-state index contributed by atoms with van der Waals surface area (Å²) >= 11 is 5.97. The average molecular weight is 307 g/mol. The van der Waals surface area contributed by atoms with Gasteiger partial charge in [0.05, 0.1) is 13.2 Å². The highest BCUT2D eigenvalue weighted by atomic mass is 35.5. The number of benzene rings is 1. The second-order valence-electron chi connectivity index (χ2n) is 4.71. The summed E-state index contributed by atoms with van der Waals surface area (Å²) in [7, 11) is 0. The molecule has 0 bridgehead atoms. The fraction of sp³-hybridized carbons (Fsp3) is 0.357. The van der Waals surface area contributed by atoms with E-state index >= 15 is 0 Å². The maximum absolute atomic E-state index is 5.97. The fourth-order valence-electron chi connectivity index (χ4n) is 2.06. The third-order valence-corrected chi connectivity index (χ3v) is 3.24. The number of halogens is 1. The lowest BCUT2D eigenvalue weighted by atomic mass is 10.2. The molecule has 1 aromatic carbocycles. The van der Waals surface area contributed by atoms with Crippen molar-refractivity contribution in [3.05, 3.63) is 35.1 Å². The van der Waals surface area contributed by atoms with Crippen molar-refractivity contribution in [1.82, 2.24) is 15.0 Å². The molecule has 0 aliphatic carbocycles. The minimum atomic E-state index is 0.120. The highest BCUT2D eigenvalue weighted by Crippen LogP contribution is 2.22. The Balaban J connectivity index is 1.83. The van der Waals surface area contributed by atoms with Crippen LogP contribution < -0.4 is 9.64 Å². The first-order chi connectivity index (χ1) is 10.2. The molecule has 21 heavy (non-hydrogen) atoms. The van der Waals surface area contributed by atoms with E-state index in [1.807, 2.05) is 36.1 Å². The van der Waals surface area contributed by atoms with Crippen LogP contribution in [0.15, 0.2) is 24.3 Å². The zero-order chi connectivity index (χ0) is 14.7. The molecule has 0 atom stereocenters. The Morgan fingerprint density at radius 2 is 2.00 bits per heavy atom. The molecule has 6 nitrogen and oxygen atoms in total. The second-order valence-corrected chi connectivity index (χ2v) is 5.04. The lowest BCUT2D eigenvalue weighted by Gasteiger charge is -2.26. The summed E-state index contributed by atoms with van der Waals surface area (Å²) in [6.07, 6.45) is 0. The summed E-state index contributed by atoms with van der Waals surface area (Å²) in [5.74, 6) is 1.19. The largest absolute Gasteiger partial charge is 0.424 e. The number of aryl methyl sites for hydroxylation is 1. The van der Waals surface area contributed by atoms with Crippen molar-refractivity contribution in [2.24, 2.45) is 0 Å². The van der Waals surface area contributed by atoms with Crippen LogP contribution in [0.25, 0.3) is 0 Å². The first-order valence-electron chi connectivity index (χ1n) is 6.69. The predicted octanol–water partition coefficient (Wildman–Crippen LogP) is 2.46. The molecule has 110 valence electrons. The Morgan fingerprint density at radius 1 is 1.19 bits per heavy atom. The highest BCUT2D eigenvalue weighted by Gasteiger charge is 2.16. The number of hydrogen-bond donors (Lipinski definition) is 0. The molecule has 7 heteroatoms. The number of anilines is 1. The van der Waals surface area contributed by atoms with Crippen molar-refractivity contribution < 1.29 is 9.47 Å². The van der Waals surface area contributed by atoms with Gasteiger partial charge in [-0.2, -0.15) is 15.0 Å². The first-order valence-corrected chi connectivity index (χ1v) is 7.07. The van der Waals surface area contributed by atoms with Gasteiger partial charge in [0, 0.05) is 13.1 Å². The van der Waals surface area contributed by atoms with Crippen LogP contribution in [0.2, 0.25) is 5.28 Å². The van der Waals surface area contributed by atoms with Crippen molar-refractivity contribution in [3.63, 3.8) is 0 Å². The van der Waals surface area contributed by atoms with Crippen LogP contribution >= 0.6 is 11.6 Å². The van der Waals surface area contributed by atoms with Gasteiger partial charge in [-0.05, 0) is 36.2 Å². The Hall–Kier alpha value is -1.92. The fourth-order valence-corrected chi connectivity index (χ4v) is 2.20. The van der Waals surface area contributed by atoms with Gasteiger partial charge in [0.2, 0.25) is 11.2 Å². The molecule has 3 rings (SSSR count). The van der Waals surface area contributed by atoms with Gasteiger partial charge in [-0.15, -0.1) is 0 Å². The van der Waals surface area contributed by atoms with Crippen LogP contribution in [-0.2, 0) is 4.74 Å². The van der Waals surface area contributed by atoms with E-state index in [1.54, 1.807) is 0 Å². The molecule has 2 heterocycles. The SMILES string of the molecule is Cc1cccc(Oc2nc(Cl)nc(N3CCOCC3)n2)c1. The van der Waals surface area contributed by atoms with Crippen molar-refractivity contribution >= 4 is 17.5 Å². The van der Waals surface area contributed by atoms with Gasteiger partial charge in [-0.25, -0.2) is 0 Å². The summed E-state index contributed by atoms with van der Waals surface area (Å²) in [4.78, 5) is 14.5. The van der Waals surface area contributed by atoms with E-state index in [2.05, 4.69) is 15.0 Å².